The number of carbonyl (C=O) groups is 1. The van der Waals surface area contributed by atoms with E-state index in [4.69, 9.17) is 5.11 Å². The number of amides is 1. The molecule has 0 saturated heterocycles. The van der Waals surface area contributed by atoms with E-state index in [1.54, 1.807) is 12.4 Å². The van der Waals surface area contributed by atoms with Gasteiger partial charge in [0.05, 0.1) is 5.01 Å². The van der Waals surface area contributed by atoms with E-state index < -0.39 is 0 Å². The largest absolute Gasteiger partial charge is 0.396 e. The van der Waals surface area contributed by atoms with Crippen LogP contribution in [0.5, 0.6) is 0 Å². The van der Waals surface area contributed by atoms with Crippen molar-refractivity contribution < 1.29 is 9.90 Å². The minimum Gasteiger partial charge on any atom is -0.396 e. The molecular formula is C7H10N2O2S. The van der Waals surface area contributed by atoms with Gasteiger partial charge in [-0.25, -0.2) is 4.98 Å². The fourth-order valence-electron chi connectivity index (χ4n) is 0.754. The van der Waals surface area contributed by atoms with E-state index in [-0.39, 0.29) is 12.5 Å². The molecule has 66 valence electrons. The first kappa shape index (κ1) is 9.15. The summed E-state index contributed by atoms with van der Waals surface area (Å²) in [7, 11) is 1.56. The van der Waals surface area contributed by atoms with Gasteiger partial charge in [-0.2, -0.15) is 0 Å². The van der Waals surface area contributed by atoms with Crippen LogP contribution in [0.4, 0.5) is 0 Å². The van der Waals surface area contributed by atoms with Gasteiger partial charge in [0.25, 0.3) is 5.91 Å². The van der Waals surface area contributed by atoms with Crippen molar-refractivity contribution in [3.05, 3.63) is 16.1 Å². The molecule has 1 aromatic heterocycles. The summed E-state index contributed by atoms with van der Waals surface area (Å²) >= 11 is 1.39. The number of rotatable bonds is 3. The number of aliphatic hydroxyl groups excluding tert-OH is 1. The minimum absolute atomic E-state index is 0.0701. The van der Waals surface area contributed by atoms with E-state index in [1.807, 2.05) is 0 Å². The van der Waals surface area contributed by atoms with Gasteiger partial charge in [0, 0.05) is 25.5 Å². The fraction of sp³-hybridized carbons (Fsp3) is 0.429. The maximum absolute atomic E-state index is 11.0. The van der Waals surface area contributed by atoms with Gasteiger partial charge in [-0.3, -0.25) is 4.79 Å². The highest BCUT2D eigenvalue weighted by Gasteiger charge is 2.07. The molecule has 0 fully saturated rings. The molecule has 0 atom stereocenters. The second-order valence-corrected chi connectivity index (χ2v) is 3.12. The Labute approximate surface area is 74.3 Å². The minimum atomic E-state index is -0.185. The second kappa shape index (κ2) is 4.18. The quantitative estimate of drug-likeness (QED) is 0.700. The molecule has 1 heterocycles. The standard InChI is InChI=1S/C7H10N2O2S/c1-8-7(11)5-4-12-6(9-5)2-3-10/h4,10H,2-3H2,1H3,(H,8,11). The van der Waals surface area contributed by atoms with Crippen LogP contribution < -0.4 is 5.32 Å². The number of aliphatic hydroxyl groups is 1. The first-order valence-electron chi connectivity index (χ1n) is 3.55. The molecule has 0 spiro atoms. The summed E-state index contributed by atoms with van der Waals surface area (Å²) in [5.41, 5.74) is 0.422. The molecule has 5 heteroatoms. The van der Waals surface area contributed by atoms with Crippen LogP contribution in [-0.2, 0) is 6.42 Å². The average molecular weight is 186 g/mol. The summed E-state index contributed by atoms with van der Waals surface area (Å²) in [5.74, 6) is -0.185. The molecule has 0 aliphatic heterocycles. The van der Waals surface area contributed by atoms with Crippen molar-refractivity contribution in [2.45, 2.75) is 6.42 Å². The Morgan fingerprint density at radius 3 is 3.17 bits per heavy atom. The van der Waals surface area contributed by atoms with Gasteiger partial charge in [-0.15, -0.1) is 11.3 Å². The van der Waals surface area contributed by atoms with Gasteiger partial charge in [0.15, 0.2) is 0 Å². The van der Waals surface area contributed by atoms with Crippen molar-refractivity contribution in [1.29, 1.82) is 0 Å². The molecule has 0 radical (unpaired) electrons. The number of nitrogens with zero attached hydrogens (tertiary/aromatic N) is 1. The van der Waals surface area contributed by atoms with Crippen LogP contribution in [0, 0.1) is 0 Å². The second-order valence-electron chi connectivity index (χ2n) is 2.18. The molecule has 1 rings (SSSR count). The Bertz CT molecular complexity index is 272. The summed E-state index contributed by atoms with van der Waals surface area (Å²) in [6.45, 7) is 0.0701. The zero-order valence-electron chi connectivity index (χ0n) is 6.70. The molecular weight excluding hydrogens is 176 g/mol. The van der Waals surface area contributed by atoms with E-state index in [9.17, 15) is 4.79 Å². The first-order chi connectivity index (χ1) is 5.77. The summed E-state index contributed by atoms with van der Waals surface area (Å²) in [5, 5.41) is 13.5. The van der Waals surface area contributed by atoms with Gasteiger partial charge in [0.2, 0.25) is 0 Å². The third-order valence-electron chi connectivity index (χ3n) is 1.34. The van der Waals surface area contributed by atoms with E-state index in [0.29, 0.717) is 12.1 Å². The van der Waals surface area contributed by atoms with Crippen LogP contribution in [0.1, 0.15) is 15.5 Å². The molecule has 0 aromatic carbocycles. The van der Waals surface area contributed by atoms with Crippen molar-refractivity contribution in [1.82, 2.24) is 10.3 Å². The molecule has 4 nitrogen and oxygen atoms in total. The first-order valence-corrected chi connectivity index (χ1v) is 4.43. The average Bonchev–Trinajstić information content (AvgIpc) is 2.52. The zero-order valence-corrected chi connectivity index (χ0v) is 7.52. The Balaban J connectivity index is 2.70. The molecule has 1 aromatic rings. The third-order valence-corrected chi connectivity index (χ3v) is 2.25. The normalized spacial score (nSPS) is 9.83. The van der Waals surface area contributed by atoms with Crippen molar-refractivity contribution in [2.24, 2.45) is 0 Å². The maximum Gasteiger partial charge on any atom is 0.270 e. The number of nitrogens with one attached hydrogen (secondary N) is 1. The van der Waals surface area contributed by atoms with Crippen LogP contribution in [0.15, 0.2) is 5.38 Å². The van der Waals surface area contributed by atoms with E-state index >= 15 is 0 Å². The lowest BCUT2D eigenvalue weighted by Gasteiger charge is -1.91. The highest BCUT2D eigenvalue weighted by Crippen LogP contribution is 2.09. The highest BCUT2D eigenvalue weighted by atomic mass is 32.1. The van der Waals surface area contributed by atoms with Crippen LogP contribution in [0.3, 0.4) is 0 Å². The summed E-state index contributed by atoms with van der Waals surface area (Å²) in [4.78, 5) is 15.0. The smallest absolute Gasteiger partial charge is 0.270 e. The van der Waals surface area contributed by atoms with Crippen LogP contribution in [0.25, 0.3) is 0 Å². The predicted octanol–water partition coefficient (Wildman–Crippen LogP) is 0.0375. The van der Waals surface area contributed by atoms with Crippen molar-refractivity contribution in [3.8, 4) is 0 Å². The van der Waals surface area contributed by atoms with Crippen molar-refractivity contribution >= 4 is 17.2 Å². The Hall–Kier alpha value is -0.940. The molecule has 0 bridgehead atoms. The molecule has 0 unspecified atom stereocenters. The molecule has 0 aliphatic carbocycles. The lowest BCUT2D eigenvalue weighted by molar-refractivity contribution is 0.0958. The Kier molecular flexibility index (Phi) is 3.19. The summed E-state index contributed by atoms with van der Waals surface area (Å²) in [6.07, 6.45) is 0.516. The number of hydrogen-bond donors (Lipinski definition) is 2. The number of carbonyl (C=O) groups excluding carboxylic acids is 1. The number of thiazole rings is 1. The number of hydrogen-bond acceptors (Lipinski definition) is 4. The fourth-order valence-corrected chi connectivity index (χ4v) is 1.52. The maximum atomic E-state index is 11.0. The lowest BCUT2D eigenvalue weighted by atomic mass is 10.4. The summed E-state index contributed by atoms with van der Waals surface area (Å²) < 4.78 is 0. The van der Waals surface area contributed by atoms with Gasteiger partial charge in [-0.05, 0) is 0 Å². The SMILES string of the molecule is CNC(=O)c1csc(CCO)n1. The van der Waals surface area contributed by atoms with Crippen LogP contribution >= 0.6 is 11.3 Å². The highest BCUT2D eigenvalue weighted by molar-refractivity contribution is 7.09. The van der Waals surface area contributed by atoms with E-state index in [0.717, 1.165) is 5.01 Å². The topological polar surface area (TPSA) is 62.2 Å². The van der Waals surface area contributed by atoms with Crippen molar-refractivity contribution in [3.63, 3.8) is 0 Å². The molecule has 1 amide bonds. The van der Waals surface area contributed by atoms with E-state index in [1.165, 1.54) is 11.3 Å². The molecule has 0 aliphatic rings. The van der Waals surface area contributed by atoms with Gasteiger partial charge in [-0.1, -0.05) is 0 Å². The Morgan fingerprint density at radius 2 is 2.58 bits per heavy atom. The van der Waals surface area contributed by atoms with Crippen LogP contribution in [-0.4, -0.2) is 29.7 Å². The summed E-state index contributed by atoms with van der Waals surface area (Å²) in [6, 6.07) is 0. The lowest BCUT2D eigenvalue weighted by Crippen LogP contribution is -2.18. The van der Waals surface area contributed by atoms with Gasteiger partial charge >= 0.3 is 0 Å². The number of aromatic nitrogens is 1. The van der Waals surface area contributed by atoms with Crippen LogP contribution in [0.2, 0.25) is 0 Å². The van der Waals surface area contributed by atoms with Gasteiger partial charge in [0.1, 0.15) is 5.69 Å². The predicted molar refractivity (Wildman–Crippen MR) is 46.3 cm³/mol. The third kappa shape index (κ3) is 2.02. The molecule has 2 N–H and O–H groups in total. The van der Waals surface area contributed by atoms with E-state index in [2.05, 4.69) is 10.3 Å². The molecule has 12 heavy (non-hydrogen) atoms. The molecule has 0 saturated carbocycles. The van der Waals surface area contributed by atoms with Gasteiger partial charge < -0.3 is 10.4 Å². The monoisotopic (exact) mass is 186 g/mol. The Morgan fingerprint density at radius 1 is 1.83 bits per heavy atom. The van der Waals surface area contributed by atoms with Crippen molar-refractivity contribution in [2.75, 3.05) is 13.7 Å². The zero-order chi connectivity index (χ0) is 8.97.